The second-order valence-corrected chi connectivity index (χ2v) is 3.27. The van der Waals surface area contributed by atoms with Gasteiger partial charge in [0.25, 0.3) is 0 Å². The lowest BCUT2D eigenvalue weighted by molar-refractivity contribution is -0.134. The van der Waals surface area contributed by atoms with Gasteiger partial charge in [-0.15, -0.1) is 0 Å². The number of carbonyl (C=O) groups excluding carboxylic acids is 1. The summed E-state index contributed by atoms with van der Waals surface area (Å²) in [5.74, 6) is -0.360. The summed E-state index contributed by atoms with van der Waals surface area (Å²) in [6.07, 6.45) is 4.88. The standard InChI is InChI=1S/C13H11NO2/c1-16-13(15)8-7-10-4-2-6-12-11(10)5-3-9-14-12/h2-9H,1H3. The average molecular weight is 213 g/mol. The van der Waals surface area contributed by atoms with Crippen LogP contribution >= 0.6 is 0 Å². The molecule has 0 N–H and O–H groups in total. The van der Waals surface area contributed by atoms with E-state index in [1.807, 2.05) is 30.3 Å². The van der Waals surface area contributed by atoms with Gasteiger partial charge in [-0.25, -0.2) is 4.79 Å². The fraction of sp³-hybridized carbons (Fsp3) is 0.0769. The van der Waals surface area contributed by atoms with Crippen LogP contribution in [0.2, 0.25) is 0 Å². The Hall–Kier alpha value is -2.16. The fourth-order valence-electron chi connectivity index (χ4n) is 1.50. The zero-order valence-corrected chi connectivity index (χ0v) is 8.88. The number of esters is 1. The van der Waals surface area contributed by atoms with Gasteiger partial charge in [0.1, 0.15) is 0 Å². The maximum Gasteiger partial charge on any atom is 0.330 e. The lowest BCUT2D eigenvalue weighted by Crippen LogP contribution is -1.93. The number of carbonyl (C=O) groups is 1. The van der Waals surface area contributed by atoms with Crippen LogP contribution in [-0.4, -0.2) is 18.1 Å². The number of ether oxygens (including phenoxy) is 1. The molecule has 0 unspecified atom stereocenters. The van der Waals surface area contributed by atoms with Gasteiger partial charge in [-0.1, -0.05) is 18.2 Å². The van der Waals surface area contributed by atoms with Crippen molar-refractivity contribution >= 4 is 22.9 Å². The first-order valence-electron chi connectivity index (χ1n) is 4.91. The van der Waals surface area contributed by atoms with E-state index in [1.165, 1.54) is 13.2 Å². The summed E-state index contributed by atoms with van der Waals surface area (Å²) >= 11 is 0. The molecule has 3 nitrogen and oxygen atoms in total. The third-order valence-corrected chi connectivity index (χ3v) is 2.28. The molecule has 0 saturated carbocycles. The van der Waals surface area contributed by atoms with Gasteiger partial charge >= 0.3 is 5.97 Å². The summed E-state index contributed by atoms with van der Waals surface area (Å²) in [5.41, 5.74) is 1.87. The molecule has 80 valence electrons. The van der Waals surface area contributed by atoms with Crippen LogP contribution in [0.4, 0.5) is 0 Å². The highest BCUT2D eigenvalue weighted by Crippen LogP contribution is 2.17. The highest BCUT2D eigenvalue weighted by molar-refractivity contribution is 5.93. The summed E-state index contributed by atoms with van der Waals surface area (Å²) in [6, 6.07) is 9.62. The zero-order chi connectivity index (χ0) is 11.4. The van der Waals surface area contributed by atoms with Crippen LogP contribution in [0, 0.1) is 0 Å². The summed E-state index contributed by atoms with van der Waals surface area (Å²) in [4.78, 5) is 15.2. The molecule has 1 aromatic carbocycles. The number of rotatable bonds is 2. The van der Waals surface area contributed by atoms with E-state index in [0.717, 1.165) is 16.5 Å². The second-order valence-electron chi connectivity index (χ2n) is 3.27. The minimum atomic E-state index is -0.360. The molecule has 0 spiro atoms. The molecular weight excluding hydrogens is 202 g/mol. The lowest BCUT2D eigenvalue weighted by Gasteiger charge is -2.00. The van der Waals surface area contributed by atoms with E-state index in [1.54, 1.807) is 12.3 Å². The number of nitrogens with zero attached hydrogens (tertiary/aromatic N) is 1. The Kier molecular flexibility index (Phi) is 2.96. The summed E-state index contributed by atoms with van der Waals surface area (Å²) < 4.78 is 4.54. The first-order chi connectivity index (χ1) is 7.81. The number of hydrogen-bond donors (Lipinski definition) is 0. The molecule has 2 rings (SSSR count). The third kappa shape index (κ3) is 2.08. The minimum absolute atomic E-state index is 0.360. The van der Waals surface area contributed by atoms with Gasteiger partial charge in [0.05, 0.1) is 12.6 Å². The maximum atomic E-state index is 11.0. The quantitative estimate of drug-likeness (QED) is 0.568. The number of methoxy groups -OCH3 is 1. The van der Waals surface area contributed by atoms with Gasteiger partial charge in [-0.3, -0.25) is 4.98 Å². The Bertz CT molecular complexity index is 541. The van der Waals surface area contributed by atoms with Crippen LogP contribution in [0.25, 0.3) is 17.0 Å². The topological polar surface area (TPSA) is 39.2 Å². The zero-order valence-electron chi connectivity index (χ0n) is 8.88. The first kappa shape index (κ1) is 10.4. The van der Waals surface area contributed by atoms with Crippen molar-refractivity contribution in [1.29, 1.82) is 0 Å². The molecule has 1 aromatic heterocycles. The number of pyridine rings is 1. The number of fused-ring (bicyclic) bond motifs is 1. The van der Waals surface area contributed by atoms with Crippen LogP contribution in [0.15, 0.2) is 42.6 Å². The SMILES string of the molecule is COC(=O)C=Cc1cccc2ncccc12. The highest BCUT2D eigenvalue weighted by atomic mass is 16.5. The fourth-order valence-corrected chi connectivity index (χ4v) is 1.50. The first-order valence-corrected chi connectivity index (χ1v) is 4.91. The maximum absolute atomic E-state index is 11.0. The van der Waals surface area contributed by atoms with Gasteiger partial charge in [-0.05, 0) is 23.8 Å². The molecule has 0 aliphatic carbocycles. The molecule has 0 saturated heterocycles. The molecule has 0 aliphatic rings. The molecule has 2 aromatic rings. The van der Waals surface area contributed by atoms with Crippen LogP contribution in [0.5, 0.6) is 0 Å². The van der Waals surface area contributed by atoms with Crippen molar-refractivity contribution in [2.75, 3.05) is 7.11 Å². The van der Waals surface area contributed by atoms with E-state index in [-0.39, 0.29) is 5.97 Å². The minimum Gasteiger partial charge on any atom is -0.466 e. The van der Waals surface area contributed by atoms with Crippen LogP contribution in [0.1, 0.15) is 5.56 Å². The number of benzene rings is 1. The molecule has 0 bridgehead atoms. The Morgan fingerprint density at radius 1 is 1.31 bits per heavy atom. The van der Waals surface area contributed by atoms with E-state index < -0.39 is 0 Å². The normalized spacial score (nSPS) is 10.8. The second kappa shape index (κ2) is 4.57. The molecule has 0 atom stereocenters. The van der Waals surface area contributed by atoms with E-state index in [9.17, 15) is 4.79 Å². The van der Waals surface area contributed by atoms with Crippen LogP contribution < -0.4 is 0 Å². The van der Waals surface area contributed by atoms with Crippen molar-refractivity contribution in [3.8, 4) is 0 Å². The number of hydrogen-bond acceptors (Lipinski definition) is 3. The number of aromatic nitrogens is 1. The average Bonchev–Trinajstić information content (AvgIpc) is 2.35. The molecule has 3 heteroatoms. The molecule has 0 radical (unpaired) electrons. The van der Waals surface area contributed by atoms with Crippen molar-refractivity contribution in [2.24, 2.45) is 0 Å². The Morgan fingerprint density at radius 3 is 3.00 bits per heavy atom. The van der Waals surface area contributed by atoms with E-state index in [4.69, 9.17) is 0 Å². The van der Waals surface area contributed by atoms with Crippen molar-refractivity contribution in [3.63, 3.8) is 0 Å². The molecular formula is C13H11NO2. The lowest BCUT2D eigenvalue weighted by atomic mass is 10.1. The van der Waals surface area contributed by atoms with Gasteiger partial charge in [0.15, 0.2) is 0 Å². The van der Waals surface area contributed by atoms with Crippen molar-refractivity contribution in [1.82, 2.24) is 4.98 Å². The van der Waals surface area contributed by atoms with Gasteiger partial charge < -0.3 is 4.74 Å². The third-order valence-electron chi connectivity index (χ3n) is 2.28. The molecule has 0 aliphatic heterocycles. The summed E-state index contributed by atoms with van der Waals surface area (Å²) in [5, 5.41) is 1.02. The highest BCUT2D eigenvalue weighted by Gasteiger charge is 1.98. The molecule has 0 amide bonds. The Labute approximate surface area is 93.4 Å². The van der Waals surface area contributed by atoms with E-state index in [2.05, 4.69) is 9.72 Å². The van der Waals surface area contributed by atoms with Crippen molar-refractivity contribution < 1.29 is 9.53 Å². The summed E-state index contributed by atoms with van der Waals surface area (Å²) in [7, 11) is 1.36. The monoisotopic (exact) mass is 213 g/mol. The van der Waals surface area contributed by atoms with Gasteiger partial charge in [0, 0.05) is 17.7 Å². The van der Waals surface area contributed by atoms with E-state index in [0.29, 0.717) is 0 Å². The Morgan fingerprint density at radius 2 is 2.19 bits per heavy atom. The molecule has 1 heterocycles. The predicted molar refractivity (Wildman–Crippen MR) is 62.8 cm³/mol. The molecule has 0 fully saturated rings. The van der Waals surface area contributed by atoms with Crippen molar-refractivity contribution in [3.05, 3.63) is 48.2 Å². The molecule has 16 heavy (non-hydrogen) atoms. The van der Waals surface area contributed by atoms with Crippen LogP contribution in [-0.2, 0) is 9.53 Å². The van der Waals surface area contributed by atoms with Crippen LogP contribution in [0.3, 0.4) is 0 Å². The smallest absolute Gasteiger partial charge is 0.330 e. The summed E-state index contributed by atoms with van der Waals surface area (Å²) in [6.45, 7) is 0. The predicted octanol–water partition coefficient (Wildman–Crippen LogP) is 2.42. The Balaban J connectivity index is 2.45. The van der Waals surface area contributed by atoms with E-state index >= 15 is 0 Å². The van der Waals surface area contributed by atoms with Gasteiger partial charge in [0.2, 0.25) is 0 Å². The van der Waals surface area contributed by atoms with Gasteiger partial charge in [-0.2, -0.15) is 0 Å². The van der Waals surface area contributed by atoms with Crippen molar-refractivity contribution in [2.45, 2.75) is 0 Å². The largest absolute Gasteiger partial charge is 0.466 e.